The number of benzene rings is 1. The highest BCUT2D eigenvalue weighted by molar-refractivity contribution is 7.99. The molecule has 1 atom stereocenters. The predicted molar refractivity (Wildman–Crippen MR) is 91.0 cm³/mol. The monoisotopic (exact) mass is 316 g/mol. The zero-order valence-corrected chi connectivity index (χ0v) is 14.1. The second-order valence-electron chi connectivity index (χ2n) is 4.75. The first-order valence-electron chi connectivity index (χ1n) is 6.84. The van der Waals surface area contributed by atoms with E-state index in [1.807, 2.05) is 24.8 Å². The molecule has 0 radical (unpaired) electrons. The first-order valence-corrected chi connectivity index (χ1v) is 7.72. The Morgan fingerprint density at radius 3 is 2.70 bits per heavy atom. The topological polar surface area (TPSA) is 55.1 Å². The Morgan fingerprint density at radius 2 is 2.15 bits per heavy atom. The summed E-state index contributed by atoms with van der Waals surface area (Å²) in [6.45, 7) is 7.00. The lowest BCUT2D eigenvalue weighted by Gasteiger charge is -2.12. The minimum Gasteiger partial charge on any atom is -0.330 e. The molecule has 0 fully saturated rings. The molecule has 1 aromatic carbocycles. The van der Waals surface area contributed by atoms with E-state index in [0.29, 0.717) is 18.2 Å². The highest BCUT2D eigenvalue weighted by atomic mass is 35.5. The number of thioether (sulfide) groups is 1. The van der Waals surface area contributed by atoms with Gasteiger partial charge in [-0.2, -0.15) is 0 Å². The summed E-state index contributed by atoms with van der Waals surface area (Å²) in [6.07, 6.45) is 2.37. The number of halogens is 1. The van der Waals surface area contributed by atoms with Gasteiger partial charge < -0.3 is 11.1 Å². The molecule has 20 heavy (non-hydrogen) atoms. The normalized spacial score (nSPS) is 11.6. The predicted octanol–water partition coefficient (Wildman–Crippen LogP) is 3.98. The van der Waals surface area contributed by atoms with Crippen LogP contribution in [0.1, 0.15) is 38.7 Å². The van der Waals surface area contributed by atoms with Crippen molar-refractivity contribution >= 4 is 35.8 Å². The lowest BCUT2D eigenvalue weighted by molar-refractivity contribution is -0.116. The number of carbonyl (C=O) groups is 1. The molecule has 0 heterocycles. The van der Waals surface area contributed by atoms with Crippen LogP contribution in [0.25, 0.3) is 0 Å². The van der Waals surface area contributed by atoms with Crippen LogP contribution in [0.5, 0.6) is 0 Å². The van der Waals surface area contributed by atoms with Gasteiger partial charge in [-0.05, 0) is 50.1 Å². The van der Waals surface area contributed by atoms with E-state index in [2.05, 4.69) is 31.3 Å². The summed E-state index contributed by atoms with van der Waals surface area (Å²) in [5.74, 6) is 0.0379. The Labute approximate surface area is 132 Å². The zero-order valence-electron chi connectivity index (χ0n) is 12.4. The van der Waals surface area contributed by atoms with Crippen LogP contribution in [-0.4, -0.2) is 17.7 Å². The van der Waals surface area contributed by atoms with E-state index >= 15 is 0 Å². The number of aryl methyl sites for hydroxylation is 1. The van der Waals surface area contributed by atoms with Gasteiger partial charge in [-0.3, -0.25) is 4.79 Å². The fraction of sp³-hybridized carbons (Fsp3) is 0.533. The molecule has 0 aliphatic carbocycles. The highest BCUT2D eigenvalue weighted by Crippen LogP contribution is 2.28. The van der Waals surface area contributed by atoms with Gasteiger partial charge in [0.2, 0.25) is 5.91 Å². The Balaban J connectivity index is 0.00000361. The van der Waals surface area contributed by atoms with Gasteiger partial charge >= 0.3 is 0 Å². The maximum Gasteiger partial charge on any atom is 0.224 e. The number of rotatable bonds is 7. The van der Waals surface area contributed by atoms with Crippen LogP contribution in [0.15, 0.2) is 23.1 Å². The average molecular weight is 317 g/mol. The molecule has 0 saturated heterocycles. The van der Waals surface area contributed by atoms with Crippen molar-refractivity contribution in [3.8, 4) is 0 Å². The summed E-state index contributed by atoms with van der Waals surface area (Å²) in [7, 11) is 0. The molecule has 3 N–H and O–H groups in total. The van der Waals surface area contributed by atoms with E-state index < -0.39 is 0 Å². The maximum absolute atomic E-state index is 11.7. The molecule has 3 nitrogen and oxygen atoms in total. The van der Waals surface area contributed by atoms with Gasteiger partial charge in [0.15, 0.2) is 0 Å². The lowest BCUT2D eigenvalue weighted by atomic mass is 10.2. The van der Waals surface area contributed by atoms with Crippen LogP contribution in [0, 0.1) is 6.92 Å². The molecule has 1 amide bonds. The minimum absolute atomic E-state index is 0. The van der Waals surface area contributed by atoms with Crippen LogP contribution in [0.4, 0.5) is 5.69 Å². The molecule has 0 saturated carbocycles. The summed E-state index contributed by atoms with van der Waals surface area (Å²) in [6, 6.07) is 6.19. The fourth-order valence-electron chi connectivity index (χ4n) is 1.64. The van der Waals surface area contributed by atoms with Crippen molar-refractivity contribution in [3.63, 3.8) is 0 Å². The fourth-order valence-corrected chi connectivity index (χ4v) is 2.66. The van der Waals surface area contributed by atoms with E-state index in [1.54, 1.807) is 0 Å². The van der Waals surface area contributed by atoms with Crippen LogP contribution in [0.2, 0.25) is 0 Å². The Bertz CT molecular complexity index is 426. The van der Waals surface area contributed by atoms with E-state index in [4.69, 9.17) is 5.73 Å². The van der Waals surface area contributed by atoms with Crippen molar-refractivity contribution in [3.05, 3.63) is 23.8 Å². The summed E-state index contributed by atoms with van der Waals surface area (Å²) < 4.78 is 0. The summed E-state index contributed by atoms with van der Waals surface area (Å²) in [4.78, 5) is 12.9. The molecule has 0 aromatic heterocycles. The van der Waals surface area contributed by atoms with Gasteiger partial charge in [0, 0.05) is 22.3 Å². The Kier molecular flexibility index (Phi) is 9.72. The van der Waals surface area contributed by atoms with Gasteiger partial charge in [0.1, 0.15) is 0 Å². The molecule has 0 bridgehead atoms. The minimum atomic E-state index is 0. The number of carbonyl (C=O) groups excluding carboxylic acids is 1. The van der Waals surface area contributed by atoms with Crippen molar-refractivity contribution in [1.29, 1.82) is 0 Å². The van der Waals surface area contributed by atoms with Crippen LogP contribution >= 0.6 is 24.2 Å². The molecule has 1 unspecified atom stereocenters. The van der Waals surface area contributed by atoms with Crippen LogP contribution in [0.3, 0.4) is 0 Å². The van der Waals surface area contributed by atoms with E-state index in [0.717, 1.165) is 24.1 Å². The SMILES string of the molecule is CCC(C)Sc1ccc(NC(=O)CCCN)c(C)c1.Cl. The van der Waals surface area contributed by atoms with E-state index in [1.165, 1.54) is 4.90 Å². The molecular weight excluding hydrogens is 292 g/mol. The van der Waals surface area contributed by atoms with Crippen molar-refractivity contribution in [1.82, 2.24) is 0 Å². The van der Waals surface area contributed by atoms with Crippen LogP contribution < -0.4 is 11.1 Å². The second-order valence-corrected chi connectivity index (χ2v) is 6.27. The molecular formula is C15H25ClN2OS. The molecule has 0 spiro atoms. The number of nitrogens with one attached hydrogen (secondary N) is 1. The standard InChI is InChI=1S/C15H24N2OS.ClH/c1-4-12(3)19-13-7-8-14(11(2)10-13)17-15(18)6-5-9-16;/h7-8,10,12H,4-6,9,16H2,1-3H3,(H,17,18);1H. The molecule has 1 aromatic rings. The molecule has 0 aliphatic rings. The third-order valence-electron chi connectivity index (χ3n) is 2.99. The van der Waals surface area contributed by atoms with Gasteiger partial charge in [-0.25, -0.2) is 0 Å². The first-order chi connectivity index (χ1) is 9.06. The number of anilines is 1. The molecule has 0 aliphatic heterocycles. The van der Waals surface area contributed by atoms with E-state index in [-0.39, 0.29) is 18.3 Å². The van der Waals surface area contributed by atoms with Gasteiger partial charge in [0.25, 0.3) is 0 Å². The third-order valence-corrected chi connectivity index (χ3v) is 4.25. The molecule has 114 valence electrons. The number of hydrogen-bond donors (Lipinski definition) is 2. The number of amides is 1. The smallest absolute Gasteiger partial charge is 0.224 e. The highest BCUT2D eigenvalue weighted by Gasteiger charge is 2.07. The summed E-state index contributed by atoms with van der Waals surface area (Å²) >= 11 is 1.87. The largest absolute Gasteiger partial charge is 0.330 e. The van der Waals surface area contributed by atoms with Crippen LogP contribution in [-0.2, 0) is 4.79 Å². The van der Waals surface area contributed by atoms with Crippen molar-refractivity contribution in [2.24, 2.45) is 5.73 Å². The first kappa shape index (κ1) is 19.3. The zero-order chi connectivity index (χ0) is 14.3. The quantitative estimate of drug-likeness (QED) is 0.748. The van der Waals surface area contributed by atoms with Crippen molar-refractivity contribution in [2.45, 2.75) is 50.2 Å². The van der Waals surface area contributed by atoms with E-state index in [9.17, 15) is 4.79 Å². The third kappa shape index (κ3) is 6.64. The number of hydrogen-bond acceptors (Lipinski definition) is 3. The van der Waals surface area contributed by atoms with Gasteiger partial charge in [-0.1, -0.05) is 13.8 Å². The van der Waals surface area contributed by atoms with Crippen molar-refractivity contribution < 1.29 is 4.79 Å². The average Bonchev–Trinajstić information content (AvgIpc) is 2.39. The van der Waals surface area contributed by atoms with Gasteiger partial charge in [0.05, 0.1) is 0 Å². The summed E-state index contributed by atoms with van der Waals surface area (Å²) in [5, 5.41) is 3.55. The molecule has 1 rings (SSSR count). The second kappa shape index (κ2) is 10.1. The summed E-state index contributed by atoms with van der Waals surface area (Å²) in [5.41, 5.74) is 7.40. The molecule has 5 heteroatoms. The lowest BCUT2D eigenvalue weighted by Crippen LogP contribution is -2.14. The Hall–Kier alpha value is -0.710. The van der Waals surface area contributed by atoms with Gasteiger partial charge in [-0.15, -0.1) is 24.2 Å². The van der Waals surface area contributed by atoms with Crippen molar-refractivity contribution in [2.75, 3.05) is 11.9 Å². The maximum atomic E-state index is 11.7. The number of nitrogens with two attached hydrogens (primary N) is 1. The Morgan fingerprint density at radius 1 is 1.45 bits per heavy atom.